The number of carboxylic acids is 1. The second kappa shape index (κ2) is 11.4. The lowest BCUT2D eigenvalue weighted by molar-refractivity contribution is -0.170. The Morgan fingerprint density at radius 1 is 1.03 bits per heavy atom. The molecule has 3 aromatic carbocycles. The molecule has 0 bridgehead atoms. The van der Waals surface area contributed by atoms with Crippen molar-refractivity contribution in [1.29, 1.82) is 0 Å². The molecule has 198 valence electrons. The predicted octanol–water partition coefficient (Wildman–Crippen LogP) is 6.51. The van der Waals surface area contributed by atoms with Crippen LogP contribution in [0, 0.1) is 0 Å². The Hall–Kier alpha value is -4.04. The first-order valence-corrected chi connectivity index (χ1v) is 12.9. The van der Waals surface area contributed by atoms with Crippen molar-refractivity contribution in [2.24, 2.45) is 0 Å². The van der Waals surface area contributed by atoms with Crippen LogP contribution in [0.1, 0.15) is 46.1 Å². The molecule has 7 nitrogen and oxygen atoms in total. The van der Waals surface area contributed by atoms with Crippen molar-refractivity contribution in [3.8, 4) is 5.75 Å². The largest absolute Gasteiger partial charge is 0.478 e. The SMILES string of the molecule is CC(=O)Oc1ccc(CCC2(c3cccc(/C=C/c4ccc5ccc(Cl)cc5n4)c3)OCCO2)c(C(=O)O)c1. The van der Waals surface area contributed by atoms with Crippen LogP contribution in [-0.4, -0.2) is 35.2 Å². The number of ether oxygens (including phenoxy) is 3. The lowest BCUT2D eigenvalue weighted by atomic mass is 9.94. The van der Waals surface area contributed by atoms with Gasteiger partial charge < -0.3 is 19.3 Å². The van der Waals surface area contributed by atoms with E-state index in [1.807, 2.05) is 66.7 Å². The van der Waals surface area contributed by atoms with Crippen LogP contribution in [0.15, 0.2) is 72.8 Å². The van der Waals surface area contributed by atoms with Crippen molar-refractivity contribution >= 4 is 46.6 Å². The number of fused-ring (bicyclic) bond motifs is 1. The van der Waals surface area contributed by atoms with E-state index < -0.39 is 17.7 Å². The van der Waals surface area contributed by atoms with Gasteiger partial charge in [0.1, 0.15) is 5.75 Å². The summed E-state index contributed by atoms with van der Waals surface area (Å²) >= 11 is 6.12. The van der Waals surface area contributed by atoms with Crippen molar-refractivity contribution in [3.05, 3.63) is 106 Å². The number of aromatic nitrogens is 1. The number of rotatable bonds is 8. The normalized spacial score (nSPS) is 14.6. The molecule has 0 radical (unpaired) electrons. The van der Waals surface area contributed by atoms with Crippen LogP contribution < -0.4 is 4.74 Å². The van der Waals surface area contributed by atoms with E-state index in [0.717, 1.165) is 27.7 Å². The van der Waals surface area contributed by atoms with Crippen molar-refractivity contribution in [2.45, 2.75) is 25.6 Å². The summed E-state index contributed by atoms with van der Waals surface area (Å²) in [4.78, 5) is 27.9. The number of pyridine rings is 1. The quantitative estimate of drug-likeness (QED) is 0.200. The predicted molar refractivity (Wildman–Crippen MR) is 149 cm³/mol. The number of aryl methyl sites for hydroxylation is 1. The standard InChI is InChI=1S/C31H26ClNO6/c1-20(34)39-27-12-8-22(28(19-27)30(35)36)13-14-31(37-15-16-38-31)24-4-2-3-21(17-24)5-10-26-11-7-23-6-9-25(32)18-29(23)33-26/h2-12,17-19H,13-16H2,1H3,(H,35,36)/b10-5+. The van der Waals surface area contributed by atoms with Crippen molar-refractivity contribution < 1.29 is 28.9 Å². The third kappa shape index (κ3) is 6.17. The maximum absolute atomic E-state index is 11.9. The van der Waals surface area contributed by atoms with Gasteiger partial charge in [0, 0.05) is 29.3 Å². The van der Waals surface area contributed by atoms with E-state index in [1.165, 1.54) is 13.0 Å². The molecule has 2 heterocycles. The third-order valence-electron chi connectivity index (χ3n) is 6.50. The van der Waals surface area contributed by atoms with Gasteiger partial charge in [-0.05, 0) is 60.0 Å². The van der Waals surface area contributed by atoms with E-state index in [1.54, 1.807) is 12.1 Å². The minimum absolute atomic E-state index is 0.0720. The fourth-order valence-electron chi connectivity index (χ4n) is 4.67. The van der Waals surface area contributed by atoms with Gasteiger partial charge in [-0.3, -0.25) is 4.79 Å². The fourth-order valence-corrected chi connectivity index (χ4v) is 4.84. The number of nitrogens with zero attached hydrogens (tertiary/aromatic N) is 1. The Bertz CT molecular complexity index is 1570. The smallest absolute Gasteiger partial charge is 0.336 e. The molecule has 1 aliphatic rings. The van der Waals surface area contributed by atoms with Gasteiger partial charge in [-0.25, -0.2) is 9.78 Å². The maximum Gasteiger partial charge on any atom is 0.336 e. The summed E-state index contributed by atoms with van der Waals surface area (Å²) in [6.07, 6.45) is 4.69. The molecular formula is C31H26ClNO6. The molecule has 0 unspecified atom stereocenters. The highest BCUT2D eigenvalue weighted by Crippen LogP contribution is 2.37. The second-order valence-corrected chi connectivity index (χ2v) is 9.64. The monoisotopic (exact) mass is 543 g/mol. The van der Waals surface area contributed by atoms with Gasteiger partial charge in [-0.15, -0.1) is 0 Å². The Morgan fingerprint density at radius 2 is 1.82 bits per heavy atom. The molecular weight excluding hydrogens is 518 g/mol. The van der Waals surface area contributed by atoms with E-state index in [4.69, 9.17) is 25.8 Å². The molecule has 1 aliphatic heterocycles. The summed E-state index contributed by atoms with van der Waals surface area (Å²) in [6.45, 7) is 2.13. The molecule has 0 amide bonds. The first-order valence-electron chi connectivity index (χ1n) is 12.5. The van der Waals surface area contributed by atoms with Gasteiger partial charge in [0.15, 0.2) is 5.79 Å². The summed E-state index contributed by atoms with van der Waals surface area (Å²) in [7, 11) is 0. The number of hydrogen-bond acceptors (Lipinski definition) is 6. The van der Waals surface area contributed by atoms with Crippen LogP contribution in [0.25, 0.3) is 23.1 Å². The number of carbonyl (C=O) groups is 2. The number of halogens is 1. The Balaban J connectivity index is 1.37. The first kappa shape index (κ1) is 26.6. The number of carboxylic acid groups (broad SMARTS) is 1. The Morgan fingerprint density at radius 3 is 2.59 bits per heavy atom. The summed E-state index contributed by atoms with van der Waals surface area (Å²) in [5.74, 6) is -2.43. The van der Waals surface area contributed by atoms with Gasteiger partial charge >= 0.3 is 11.9 Å². The van der Waals surface area contributed by atoms with E-state index in [9.17, 15) is 14.7 Å². The zero-order valence-electron chi connectivity index (χ0n) is 21.2. The van der Waals surface area contributed by atoms with Crippen molar-refractivity contribution in [1.82, 2.24) is 4.98 Å². The topological polar surface area (TPSA) is 95.0 Å². The zero-order valence-corrected chi connectivity index (χ0v) is 22.0. The van der Waals surface area contributed by atoms with Crippen LogP contribution in [-0.2, 0) is 26.5 Å². The van der Waals surface area contributed by atoms with Gasteiger partial charge in [0.2, 0.25) is 0 Å². The summed E-state index contributed by atoms with van der Waals surface area (Å²) in [6, 6.07) is 22.1. The molecule has 0 aliphatic carbocycles. The molecule has 8 heteroatoms. The lowest BCUT2D eigenvalue weighted by Crippen LogP contribution is -2.28. The molecule has 0 spiro atoms. The number of aromatic carboxylic acids is 1. The summed E-state index contributed by atoms with van der Waals surface area (Å²) in [5.41, 5.74) is 4.08. The molecule has 1 saturated heterocycles. The molecule has 4 aromatic rings. The van der Waals surface area contributed by atoms with E-state index in [0.29, 0.717) is 36.6 Å². The van der Waals surface area contributed by atoms with Crippen molar-refractivity contribution in [3.63, 3.8) is 0 Å². The summed E-state index contributed by atoms with van der Waals surface area (Å²) < 4.78 is 17.3. The minimum atomic E-state index is -1.10. The highest BCUT2D eigenvalue weighted by Gasteiger charge is 2.38. The molecule has 5 rings (SSSR count). The van der Waals surface area contributed by atoms with Crippen molar-refractivity contribution in [2.75, 3.05) is 13.2 Å². The summed E-state index contributed by atoms with van der Waals surface area (Å²) in [5, 5.41) is 11.4. The van der Waals surface area contributed by atoms with Gasteiger partial charge in [0.05, 0.1) is 30.0 Å². The van der Waals surface area contributed by atoms with E-state index in [2.05, 4.69) is 4.98 Å². The van der Waals surface area contributed by atoms with Gasteiger partial charge in [-0.1, -0.05) is 54.1 Å². The van der Waals surface area contributed by atoms with E-state index >= 15 is 0 Å². The number of hydrogen-bond donors (Lipinski definition) is 1. The molecule has 1 N–H and O–H groups in total. The molecule has 0 atom stereocenters. The fraction of sp³-hybridized carbons (Fsp3) is 0.194. The third-order valence-corrected chi connectivity index (χ3v) is 6.73. The first-order chi connectivity index (χ1) is 18.8. The number of esters is 1. The van der Waals surface area contributed by atoms with Gasteiger partial charge in [0.25, 0.3) is 0 Å². The van der Waals surface area contributed by atoms with Crippen LogP contribution in [0.3, 0.4) is 0 Å². The van der Waals surface area contributed by atoms with Crippen LogP contribution in [0.2, 0.25) is 5.02 Å². The second-order valence-electron chi connectivity index (χ2n) is 9.20. The highest BCUT2D eigenvalue weighted by molar-refractivity contribution is 6.31. The Kier molecular flexibility index (Phi) is 7.74. The average Bonchev–Trinajstić information content (AvgIpc) is 3.41. The average molecular weight is 544 g/mol. The van der Waals surface area contributed by atoms with Crippen LogP contribution >= 0.6 is 11.6 Å². The number of carbonyl (C=O) groups excluding carboxylic acids is 1. The van der Waals surface area contributed by atoms with Gasteiger partial charge in [-0.2, -0.15) is 0 Å². The lowest BCUT2D eigenvalue weighted by Gasteiger charge is -2.28. The molecule has 1 aromatic heterocycles. The van der Waals surface area contributed by atoms with Crippen LogP contribution in [0.5, 0.6) is 5.75 Å². The molecule has 1 fully saturated rings. The highest BCUT2D eigenvalue weighted by atomic mass is 35.5. The maximum atomic E-state index is 11.9. The number of benzene rings is 3. The zero-order chi connectivity index (χ0) is 27.4. The Labute approximate surface area is 230 Å². The molecule has 39 heavy (non-hydrogen) atoms. The van der Waals surface area contributed by atoms with E-state index in [-0.39, 0.29) is 11.3 Å². The minimum Gasteiger partial charge on any atom is -0.478 e. The molecule has 0 saturated carbocycles. The van der Waals surface area contributed by atoms with Crippen LogP contribution in [0.4, 0.5) is 0 Å².